The SMILES string of the molecule is O=C(NCC1CCCC1CO)c1c(O)cccc1F. The molecule has 19 heavy (non-hydrogen) atoms. The van der Waals surface area contributed by atoms with Crippen molar-refractivity contribution in [1.29, 1.82) is 0 Å². The molecule has 1 aliphatic carbocycles. The molecular weight excluding hydrogens is 249 g/mol. The molecule has 104 valence electrons. The number of carbonyl (C=O) groups excluding carboxylic acids is 1. The van der Waals surface area contributed by atoms with Gasteiger partial charge < -0.3 is 15.5 Å². The Hall–Kier alpha value is -1.62. The van der Waals surface area contributed by atoms with Crippen molar-refractivity contribution in [2.24, 2.45) is 11.8 Å². The molecule has 2 atom stereocenters. The molecule has 1 amide bonds. The smallest absolute Gasteiger partial charge is 0.258 e. The highest BCUT2D eigenvalue weighted by Crippen LogP contribution is 2.30. The van der Waals surface area contributed by atoms with Crippen molar-refractivity contribution in [2.45, 2.75) is 19.3 Å². The first-order chi connectivity index (χ1) is 9.13. The third-order valence-electron chi connectivity index (χ3n) is 3.79. The predicted molar refractivity (Wildman–Crippen MR) is 68.3 cm³/mol. The first kappa shape index (κ1) is 13.8. The highest BCUT2D eigenvalue weighted by atomic mass is 19.1. The maximum Gasteiger partial charge on any atom is 0.258 e. The highest BCUT2D eigenvalue weighted by Gasteiger charge is 2.27. The summed E-state index contributed by atoms with van der Waals surface area (Å²) >= 11 is 0. The second-order valence-corrected chi connectivity index (χ2v) is 4.98. The van der Waals surface area contributed by atoms with Crippen molar-refractivity contribution in [2.75, 3.05) is 13.2 Å². The Morgan fingerprint density at radius 2 is 2.11 bits per heavy atom. The van der Waals surface area contributed by atoms with Crippen LogP contribution in [0.2, 0.25) is 0 Å². The summed E-state index contributed by atoms with van der Waals surface area (Å²) in [5.41, 5.74) is -0.318. The molecule has 4 nitrogen and oxygen atoms in total. The summed E-state index contributed by atoms with van der Waals surface area (Å²) < 4.78 is 13.5. The molecule has 0 saturated heterocycles. The maximum atomic E-state index is 13.5. The minimum Gasteiger partial charge on any atom is -0.507 e. The van der Waals surface area contributed by atoms with E-state index in [9.17, 15) is 19.4 Å². The average molecular weight is 267 g/mol. The Balaban J connectivity index is 1.98. The largest absolute Gasteiger partial charge is 0.507 e. The molecule has 0 radical (unpaired) electrons. The second-order valence-electron chi connectivity index (χ2n) is 4.98. The van der Waals surface area contributed by atoms with Gasteiger partial charge in [0.25, 0.3) is 5.91 Å². The van der Waals surface area contributed by atoms with Gasteiger partial charge in [0.15, 0.2) is 0 Å². The number of aromatic hydroxyl groups is 1. The molecule has 2 rings (SSSR count). The van der Waals surface area contributed by atoms with Crippen molar-refractivity contribution >= 4 is 5.91 Å². The molecule has 3 N–H and O–H groups in total. The number of amides is 1. The monoisotopic (exact) mass is 267 g/mol. The van der Waals surface area contributed by atoms with Gasteiger partial charge in [0.05, 0.1) is 0 Å². The van der Waals surface area contributed by atoms with E-state index in [0.29, 0.717) is 6.54 Å². The standard InChI is InChI=1S/C14H18FNO3/c15-11-5-2-6-12(18)13(11)14(19)16-7-9-3-1-4-10(9)8-17/h2,5-6,9-10,17-18H,1,3-4,7-8H2,(H,16,19). The van der Waals surface area contributed by atoms with E-state index in [1.165, 1.54) is 12.1 Å². The molecule has 0 spiro atoms. The normalized spacial score (nSPS) is 22.4. The summed E-state index contributed by atoms with van der Waals surface area (Å²) in [5, 5.41) is 21.3. The van der Waals surface area contributed by atoms with Crippen LogP contribution < -0.4 is 5.32 Å². The summed E-state index contributed by atoms with van der Waals surface area (Å²) in [7, 11) is 0. The number of hydrogen-bond acceptors (Lipinski definition) is 3. The minimum absolute atomic E-state index is 0.117. The number of phenols is 1. The Morgan fingerprint density at radius 1 is 1.37 bits per heavy atom. The summed E-state index contributed by atoms with van der Waals surface area (Å²) in [6.45, 7) is 0.517. The van der Waals surface area contributed by atoms with Crippen molar-refractivity contribution in [3.63, 3.8) is 0 Å². The molecule has 1 aromatic rings. The summed E-state index contributed by atoms with van der Waals surface area (Å²) in [4.78, 5) is 11.9. The lowest BCUT2D eigenvalue weighted by atomic mass is 9.97. The zero-order valence-electron chi connectivity index (χ0n) is 10.6. The lowest BCUT2D eigenvalue weighted by Crippen LogP contribution is -2.32. The van der Waals surface area contributed by atoms with Crippen molar-refractivity contribution < 1.29 is 19.4 Å². The van der Waals surface area contributed by atoms with Crippen molar-refractivity contribution in [3.05, 3.63) is 29.6 Å². The van der Waals surface area contributed by atoms with Gasteiger partial charge in [-0.15, -0.1) is 0 Å². The first-order valence-corrected chi connectivity index (χ1v) is 6.50. The average Bonchev–Trinajstić information content (AvgIpc) is 2.83. The predicted octanol–water partition coefficient (Wildman–Crippen LogP) is 1.67. The van der Waals surface area contributed by atoms with Gasteiger partial charge in [-0.3, -0.25) is 4.79 Å². The van der Waals surface area contributed by atoms with Gasteiger partial charge in [-0.25, -0.2) is 4.39 Å². The van der Waals surface area contributed by atoms with Gasteiger partial charge in [0.2, 0.25) is 0 Å². The molecule has 2 unspecified atom stereocenters. The van der Waals surface area contributed by atoms with Crippen molar-refractivity contribution in [3.8, 4) is 5.75 Å². The van der Waals surface area contributed by atoms with Gasteiger partial charge in [0, 0.05) is 13.2 Å². The van der Waals surface area contributed by atoms with Crippen LogP contribution in [0, 0.1) is 17.7 Å². The van der Waals surface area contributed by atoms with E-state index in [-0.39, 0.29) is 29.8 Å². The molecule has 1 saturated carbocycles. The summed E-state index contributed by atoms with van der Waals surface area (Å²) in [6.07, 6.45) is 2.95. The number of benzene rings is 1. The van der Waals surface area contributed by atoms with E-state index < -0.39 is 11.7 Å². The van der Waals surface area contributed by atoms with Crippen LogP contribution in [0.15, 0.2) is 18.2 Å². The molecule has 1 aromatic carbocycles. The second kappa shape index (κ2) is 6.02. The number of carbonyl (C=O) groups is 1. The van der Waals surface area contributed by atoms with E-state index in [1.807, 2.05) is 0 Å². The van der Waals surface area contributed by atoms with E-state index in [1.54, 1.807) is 0 Å². The molecule has 5 heteroatoms. The maximum absolute atomic E-state index is 13.5. The Kier molecular flexibility index (Phi) is 4.37. The Morgan fingerprint density at radius 3 is 2.79 bits per heavy atom. The lowest BCUT2D eigenvalue weighted by Gasteiger charge is -2.18. The van der Waals surface area contributed by atoms with Gasteiger partial charge in [-0.1, -0.05) is 12.5 Å². The van der Waals surface area contributed by atoms with Gasteiger partial charge in [-0.05, 0) is 36.8 Å². The van der Waals surface area contributed by atoms with Crippen LogP contribution in [0.25, 0.3) is 0 Å². The van der Waals surface area contributed by atoms with Crippen LogP contribution in [0.1, 0.15) is 29.6 Å². The number of aliphatic hydroxyl groups excluding tert-OH is 1. The quantitative estimate of drug-likeness (QED) is 0.777. The number of phenolic OH excluding ortho intramolecular Hbond substituents is 1. The van der Waals surface area contributed by atoms with Crippen LogP contribution in [0.5, 0.6) is 5.75 Å². The van der Waals surface area contributed by atoms with Crippen LogP contribution in [0.3, 0.4) is 0 Å². The number of hydrogen-bond donors (Lipinski definition) is 3. The van der Waals surface area contributed by atoms with Crippen molar-refractivity contribution in [1.82, 2.24) is 5.32 Å². The Labute approximate surface area is 111 Å². The highest BCUT2D eigenvalue weighted by molar-refractivity contribution is 5.97. The van der Waals surface area contributed by atoms with E-state index >= 15 is 0 Å². The van der Waals surface area contributed by atoms with Crippen LogP contribution in [-0.4, -0.2) is 29.3 Å². The lowest BCUT2D eigenvalue weighted by molar-refractivity contribution is 0.0931. The molecule has 0 aliphatic heterocycles. The number of nitrogens with one attached hydrogen (secondary N) is 1. The number of rotatable bonds is 4. The molecule has 0 aromatic heterocycles. The third kappa shape index (κ3) is 3.04. The fourth-order valence-electron chi connectivity index (χ4n) is 2.67. The van der Waals surface area contributed by atoms with E-state index in [2.05, 4.69) is 5.32 Å². The minimum atomic E-state index is -0.734. The molecule has 1 fully saturated rings. The van der Waals surface area contributed by atoms with Crippen LogP contribution in [-0.2, 0) is 0 Å². The van der Waals surface area contributed by atoms with E-state index in [0.717, 1.165) is 25.3 Å². The summed E-state index contributed by atoms with van der Waals surface area (Å²) in [6, 6.07) is 3.77. The topological polar surface area (TPSA) is 69.6 Å². The van der Waals surface area contributed by atoms with Crippen LogP contribution in [0.4, 0.5) is 4.39 Å². The first-order valence-electron chi connectivity index (χ1n) is 6.50. The fraction of sp³-hybridized carbons (Fsp3) is 0.500. The Bertz CT molecular complexity index is 444. The zero-order valence-corrected chi connectivity index (χ0v) is 10.6. The number of halogens is 1. The molecule has 1 aliphatic rings. The third-order valence-corrected chi connectivity index (χ3v) is 3.79. The molecule has 0 heterocycles. The van der Waals surface area contributed by atoms with E-state index in [4.69, 9.17) is 0 Å². The zero-order chi connectivity index (χ0) is 13.8. The van der Waals surface area contributed by atoms with Gasteiger partial charge >= 0.3 is 0 Å². The van der Waals surface area contributed by atoms with Gasteiger partial charge in [0.1, 0.15) is 17.1 Å². The number of aliphatic hydroxyl groups is 1. The molecule has 0 bridgehead atoms. The summed E-state index contributed by atoms with van der Waals surface area (Å²) in [5.74, 6) is -1.28. The fourth-order valence-corrected chi connectivity index (χ4v) is 2.67. The van der Waals surface area contributed by atoms with Gasteiger partial charge in [-0.2, -0.15) is 0 Å². The molecular formula is C14H18FNO3. The van der Waals surface area contributed by atoms with Crippen LogP contribution >= 0.6 is 0 Å².